The van der Waals surface area contributed by atoms with Gasteiger partial charge in [-0.3, -0.25) is 4.99 Å². The molecule has 1 aromatic heterocycles. The van der Waals surface area contributed by atoms with E-state index in [1.54, 1.807) is 14.2 Å². The predicted molar refractivity (Wildman–Crippen MR) is 123 cm³/mol. The van der Waals surface area contributed by atoms with Crippen molar-refractivity contribution < 1.29 is 9.47 Å². The zero-order valence-electron chi connectivity index (χ0n) is 19.1. The molecule has 0 saturated heterocycles. The highest BCUT2D eigenvalue weighted by Crippen LogP contribution is 2.27. The van der Waals surface area contributed by atoms with Crippen LogP contribution >= 0.6 is 0 Å². The lowest BCUT2D eigenvalue weighted by Crippen LogP contribution is -2.38. The third-order valence-corrected chi connectivity index (χ3v) is 5.51. The monoisotopic (exact) mass is 428 g/mol. The van der Waals surface area contributed by atoms with Crippen LogP contribution < -0.4 is 20.1 Å². The Morgan fingerprint density at radius 1 is 1.06 bits per heavy atom. The summed E-state index contributed by atoms with van der Waals surface area (Å²) in [5.74, 6) is 4.62. The number of benzene rings is 1. The van der Waals surface area contributed by atoms with E-state index in [1.165, 1.54) is 24.8 Å². The molecule has 1 aliphatic rings. The summed E-state index contributed by atoms with van der Waals surface area (Å²) in [6.45, 7) is 5.52. The Bertz CT molecular complexity index is 849. The summed E-state index contributed by atoms with van der Waals surface area (Å²) < 4.78 is 13.0. The molecule has 3 rings (SSSR count). The average Bonchev–Trinajstić information content (AvgIpc) is 3.01. The fourth-order valence-corrected chi connectivity index (χ4v) is 3.86. The van der Waals surface area contributed by atoms with Gasteiger partial charge in [-0.25, -0.2) is 0 Å². The maximum absolute atomic E-state index is 5.39. The molecule has 0 atom stereocenters. The fraction of sp³-hybridized carbons (Fsp3) is 0.609. The van der Waals surface area contributed by atoms with Crippen LogP contribution in [0.5, 0.6) is 11.5 Å². The first kappa shape index (κ1) is 22.9. The molecule has 0 amide bonds. The molecule has 1 aliphatic heterocycles. The summed E-state index contributed by atoms with van der Waals surface area (Å²) in [5.41, 5.74) is 1.19. The lowest BCUT2D eigenvalue weighted by atomic mass is 10.1. The Hall–Kier alpha value is -2.77. The largest absolute Gasteiger partial charge is 0.493 e. The van der Waals surface area contributed by atoms with Crippen molar-refractivity contribution in [2.24, 2.45) is 4.99 Å². The molecule has 2 heterocycles. The smallest absolute Gasteiger partial charge is 0.191 e. The number of aromatic nitrogens is 3. The van der Waals surface area contributed by atoms with Gasteiger partial charge in [-0.15, -0.1) is 10.2 Å². The van der Waals surface area contributed by atoms with Crippen molar-refractivity contribution in [3.63, 3.8) is 0 Å². The second-order valence-corrected chi connectivity index (χ2v) is 7.73. The average molecular weight is 429 g/mol. The summed E-state index contributed by atoms with van der Waals surface area (Å²) >= 11 is 0. The van der Waals surface area contributed by atoms with Crippen molar-refractivity contribution in [1.29, 1.82) is 0 Å². The van der Waals surface area contributed by atoms with Crippen LogP contribution in [0.4, 0.5) is 0 Å². The molecular weight excluding hydrogens is 392 g/mol. The van der Waals surface area contributed by atoms with Gasteiger partial charge in [0.1, 0.15) is 11.6 Å². The van der Waals surface area contributed by atoms with Crippen LogP contribution in [0.2, 0.25) is 0 Å². The molecule has 2 N–H and O–H groups in total. The van der Waals surface area contributed by atoms with Gasteiger partial charge < -0.3 is 24.7 Å². The number of hydrogen-bond acceptors (Lipinski definition) is 5. The van der Waals surface area contributed by atoms with Crippen LogP contribution in [0, 0.1) is 0 Å². The van der Waals surface area contributed by atoms with E-state index in [1.807, 2.05) is 12.1 Å². The Morgan fingerprint density at radius 3 is 2.74 bits per heavy atom. The van der Waals surface area contributed by atoms with E-state index >= 15 is 0 Å². The van der Waals surface area contributed by atoms with E-state index in [-0.39, 0.29) is 0 Å². The molecule has 0 aliphatic carbocycles. The molecule has 0 saturated carbocycles. The normalized spacial score (nSPS) is 14.0. The van der Waals surface area contributed by atoms with Crippen LogP contribution in [-0.4, -0.2) is 54.6 Å². The molecule has 0 unspecified atom stereocenters. The number of methoxy groups -OCH3 is 2. The summed E-state index contributed by atoms with van der Waals surface area (Å²) in [5, 5.41) is 15.5. The molecule has 170 valence electrons. The Morgan fingerprint density at radius 2 is 1.94 bits per heavy atom. The van der Waals surface area contributed by atoms with Crippen LogP contribution in [0.1, 0.15) is 49.8 Å². The molecule has 0 radical (unpaired) electrons. The zero-order valence-corrected chi connectivity index (χ0v) is 19.1. The second-order valence-electron chi connectivity index (χ2n) is 7.73. The number of nitrogens with one attached hydrogen (secondary N) is 2. The van der Waals surface area contributed by atoms with Gasteiger partial charge in [-0.2, -0.15) is 0 Å². The van der Waals surface area contributed by atoms with Crippen LogP contribution in [-0.2, 0) is 25.8 Å². The summed E-state index contributed by atoms with van der Waals surface area (Å²) in [6.07, 6.45) is 7.55. The number of aliphatic imine (C=N–C) groups is 1. The number of fused-ring (bicyclic) bond motifs is 1. The number of aryl methyl sites for hydroxylation is 2. The molecule has 2 aromatic rings. The number of rotatable bonds is 10. The Kier molecular flexibility index (Phi) is 8.99. The number of ether oxygens (including phenoxy) is 2. The van der Waals surface area contributed by atoms with Gasteiger partial charge in [-0.05, 0) is 50.3 Å². The van der Waals surface area contributed by atoms with Gasteiger partial charge in [0.2, 0.25) is 0 Å². The maximum atomic E-state index is 5.39. The molecule has 1 aromatic carbocycles. The topological polar surface area (TPSA) is 85.6 Å². The molecule has 0 bridgehead atoms. The van der Waals surface area contributed by atoms with Crippen molar-refractivity contribution in [3.05, 3.63) is 35.4 Å². The second kappa shape index (κ2) is 12.2. The highest BCUT2D eigenvalue weighted by atomic mass is 16.5. The number of nitrogens with zero attached hydrogens (tertiary/aromatic N) is 4. The SMILES string of the molecule is CCNC(=NCCCc1nnc2n1CCCCC2)NCCc1ccc(OC)c(OC)c1. The van der Waals surface area contributed by atoms with Crippen LogP contribution in [0.15, 0.2) is 23.2 Å². The van der Waals surface area contributed by atoms with E-state index in [2.05, 4.69) is 38.4 Å². The van der Waals surface area contributed by atoms with E-state index in [4.69, 9.17) is 14.5 Å². The van der Waals surface area contributed by atoms with E-state index in [9.17, 15) is 0 Å². The molecule has 8 heteroatoms. The van der Waals surface area contributed by atoms with E-state index < -0.39 is 0 Å². The van der Waals surface area contributed by atoms with Gasteiger partial charge in [0.25, 0.3) is 0 Å². The zero-order chi connectivity index (χ0) is 21.9. The standard InChI is InChI=1S/C23H36N6O2/c1-4-24-23(26-15-13-18-11-12-19(30-2)20(17-18)31-3)25-14-8-10-22-28-27-21-9-6-5-7-16-29(21)22/h11-12,17H,4-10,13-16H2,1-3H3,(H2,24,25,26). The molecule has 0 spiro atoms. The van der Waals surface area contributed by atoms with Crippen molar-refractivity contribution in [2.45, 2.75) is 58.4 Å². The van der Waals surface area contributed by atoms with E-state index in [0.29, 0.717) is 0 Å². The highest BCUT2D eigenvalue weighted by molar-refractivity contribution is 5.79. The maximum Gasteiger partial charge on any atom is 0.191 e. The third kappa shape index (κ3) is 6.60. The number of guanidine groups is 1. The minimum absolute atomic E-state index is 0.749. The first-order chi connectivity index (χ1) is 15.2. The minimum Gasteiger partial charge on any atom is -0.493 e. The van der Waals surface area contributed by atoms with Gasteiger partial charge in [0, 0.05) is 39.0 Å². The molecular formula is C23H36N6O2. The van der Waals surface area contributed by atoms with Crippen molar-refractivity contribution in [2.75, 3.05) is 33.9 Å². The molecule has 0 fully saturated rings. The van der Waals surface area contributed by atoms with Crippen molar-refractivity contribution in [1.82, 2.24) is 25.4 Å². The Balaban J connectivity index is 1.46. The predicted octanol–water partition coefficient (Wildman–Crippen LogP) is 2.75. The van der Waals surface area contributed by atoms with Crippen LogP contribution in [0.3, 0.4) is 0 Å². The van der Waals surface area contributed by atoms with Gasteiger partial charge in [-0.1, -0.05) is 12.5 Å². The Labute approximate surface area is 185 Å². The van der Waals surface area contributed by atoms with Gasteiger partial charge >= 0.3 is 0 Å². The molecule has 8 nitrogen and oxygen atoms in total. The lowest BCUT2D eigenvalue weighted by Gasteiger charge is -2.13. The van der Waals surface area contributed by atoms with Gasteiger partial charge in [0.15, 0.2) is 17.5 Å². The summed E-state index contributed by atoms with van der Waals surface area (Å²) in [6, 6.07) is 6.03. The number of hydrogen-bond donors (Lipinski definition) is 2. The lowest BCUT2D eigenvalue weighted by molar-refractivity contribution is 0.354. The minimum atomic E-state index is 0.749. The first-order valence-corrected chi connectivity index (χ1v) is 11.4. The molecule has 31 heavy (non-hydrogen) atoms. The van der Waals surface area contributed by atoms with Crippen LogP contribution in [0.25, 0.3) is 0 Å². The van der Waals surface area contributed by atoms with Crippen molar-refractivity contribution >= 4 is 5.96 Å². The van der Waals surface area contributed by atoms with Gasteiger partial charge in [0.05, 0.1) is 14.2 Å². The van der Waals surface area contributed by atoms with Crippen molar-refractivity contribution in [3.8, 4) is 11.5 Å². The summed E-state index contributed by atoms with van der Waals surface area (Å²) in [7, 11) is 3.31. The quantitative estimate of drug-likeness (QED) is 0.344. The summed E-state index contributed by atoms with van der Waals surface area (Å²) in [4.78, 5) is 4.73. The third-order valence-electron chi connectivity index (χ3n) is 5.51. The highest BCUT2D eigenvalue weighted by Gasteiger charge is 2.14. The first-order valence-electron chi connectivity index (χ1n) is 11.4. The fourth-order valence-electron chi connectivity index (χ4n) is 3.86. The van der Waals surface area contributed by atoms with E-state index in [0.717, 1.165) is 81.0 Å².